The highest BCUT2D eigenvalue weighted by Crippen LogP contribution is 2.28. The van der Waals surface area contributed by atoms with Crippen molar-refractivity contribution in [3.63, 3.8) is 0 Å². The van der Waals surface area contributed by atoms with Crippen molar-refractivity contribution in [3.8, 4) is 5.75 Å². The van der Waals surface area contributed by atoms with Crippen molar-refractivity contribution in [1.82, 2.24) is 0 Å². The summed E-state index contributed by atoms with van der Waals surface area (Å²) in [5.74, 6) is -7.44. The van der Waals surface area contributed by atoms with Crippen LogP contribution in [0, 0.1) is 23.3 Å². The number of nitrogen functional groups attached to an aromatic ring is 1. The maximum Gasteiger partial charge on any atom is 0.203 e. The zero-order valence-corrected chi connectivity index (χ0v) is 10.6. The minimum Gasteiger partial charge on any atom is -0.483 e. The third kappa shape index (κ3) is 2.80. The van der Waals surface area contributed by atoms with Gasteiger partial charge in [0.25, 0.3) is 0 Å². The molecule has 7 heteroatoms. The third-order valence-electron chi connectivity index (χ3n) is 2.55. The van der Waals surface area contributed by atoms with Crippen molar-refractivity contribution < 1.29 is 22.3 Å². The molecule has 0 heterocycles. The van der Waals surface area contributed by atoms with Crippen LogP contribution in [-0.4, -0.2) is 0 Å². The Balaban J connectivity index is 2.30. The van der Waals surface area contributed by atoms with Crippen LogP contribution >= 0.6 is 11.6 Å². The van der Waals surface area contributed by atoms with E-state index in [1.807, 2.05) is 0 Å². The molecule has 0 aromatic heterocycles. The molecule has 0 aliphatic rings. The van der Waals surface area contributed by atoms with Crippen molar-refractivity contribution in [2.45, 2.75) is 6.61 Å². The molecular formula is C13H8ClF4NO. The van der Waals surface area contributed by atoms with E-state index in [2.05, 4.69) is 0 Å². The average Bonchev–Trinajstić information content (AvgIpc) is 2.40. The van der Waals surface area contributed by atoms with Gasteiger partial charge in [-0.25, -0.2) is 8.78 Å². The molecule has 0 bridgehead atoms. The lowest BCUT2D eigenvalue weighted by Gasteiger charge is -2.11. The first-order valence-corrected chi connectivity index (χ1v) is 5.77. The lowest BCUT2D eigenvalue weighted by Crippen LogP contribution is -2.05. The van der Waals surface area contributed by atoms with Gasteiger partial charge < -0.3 is 10.5 Å². The summed E-state index contributed by atoms with van der Waals surface area (Å²) in [6.07, 6.45) is 0. The minimum absolute atomic E-state index is 0.102. The second-order valence-electron chi connectivity index (χ2n) is 3.93. The number of rotatable bonds is 3. The Morgan fingerprint density at radius 2 is 1.60 bits per heavy atom. The minimum atomic E-state index is -1.61. The molecule has 20 heavy (non-hydrogen) atoms. The van der Waals surface area contributed by atoms with E-state index in [0.717, 1.165) is 0 Å². The molecule has 2 aromatic rings. The Morgan fingerprint density at radius 3 is 2.20 bits per heavy atom. The van der Waals surface area contributed by atoms with Crippen LogP contribution in [0.5, 0.6) is 5.75 Å². The van der Waals surface area contributed by atoms with Crippen molar-refractivity contribution in [3.05, 3.63) is 58.1 Å². The Kier molecular flexibility index (Phi) is 4.04. The van der Waals surface area contributed by atoms with Crippen LogP contribution in [0.4, 0.5) is 23.2 Å². The van der Waals surface area contributed by atoms with Crippen LogP contribution in [0.1, 0.15) is 5.56 Å². The molecule has 0 atom stereocenters. The Hall–Kier alpha value is -1.95. The number of anilines is 1. The zero-order chi connectivity index (χ0) is 14.9. The van der Waals surface area contributed by atoms with Gasteiger partial charge in [-0.05, 0) is 18.2 Å². The first-order valence-electron chi connectivity index (χ1n) is 5.40. The van der Waals surface area contributed by atoms with E-state index in [1.54, 1.807) is 0 Å². The van der Waals surface area contributed by atoms with Crippen molar-refractivity contribution >= 4 is 17.3 Å². The van der Waals surface area contributed by atoms with Crippen LogP contribution in [0.2, 0.25) is 5.02 Å². The maximum absolute atomic E-state index is 13.4. The molecule has 0 saturated heterocycles. The van der Waals surface area contributed by atoms with Gasteiger partial charge in [-0.15, -0.1) is 0 Å². The van der Waals surface area contributed by atoms with Gasteiger partial charge in [0.15, 0.2) is 17.4 Å². The van der Waals surface area contributed by atoms with Gasteiger partial charge in [-0.2, -0.15) is 8.78 Å². The van der Waals surface area contributed by atoms with Gasteiger partial charge in [0.2, 0.25) is 11.6 Å². The van der Waals surface area contributed by atoms with E-state index in [4.69, 9.17) is 22.1 Å². The Morgan fingerprint density at radius 1 is 1.00 bits per heavy atom. The number of nitrogens with two attached hydrogens (primary N) is 1. The van der Waals surface area contributed by atoms with Crippen molar-refractivity contribution in [2.75, 3.05) is 5.73 Å². The summed E-state index contributed by atoms with van der Waals surface area (Å²) in [6, 6.07) is 4.51. The van der Waals surface area contributed by atoms with Crippen molar-refractivity contribution in [1.29, 1.82) is 0 Å². The molecule has 2 N–H and O–H groups in total. The number of halogens is 5. The van der Waals surface area contributed by atoms with Gasteiger partial charge in [-0.1, -0.05) is 11.6 Å². The summed E-state index contributed by atoms with van der Waals surface area (Å²) in [5, 5.41) is 0.337. The SMILES string of the molecule is Nc1ccc(Cl)cc1COc1c(F)c(F)cc(F)c1F. The first-order chi connectivity index (χ1) is 9.40. The molecule has 0 fully saturated rings. The van der Waals surface area contributed by atoms with Gasteiger partial charge in [0, 0.05) is 22.3 Å². The number of hydrogen-bond acceptors (Lipinski definition) is 2. The molecule has 106 valence electrons. The van der Waals surface area contributed by atoms with E-state index < -0.39 is 29.0 Å². The quantitative estimate of drug-likeness (QED) is 0.527. The van der Waals surface area contributed by atoms with E-state index in [9.17, 15) is 17.6 Å². The fraction of sp³-hybridized carbons (Fsp3) is 0.0769. The highest BCUT2D eigenvalue weighted by Gasteiger charge is 2.20. The smallest absolute Gasteiger partial charge is 0.203 e. The monoisotopic (exact) mass is 305 g/mol. The van der Waals surface area contributed by atoms with Crippen molar-refractivity contribution in [2.24, 2.45) is 0 Å². The second kappa shape index (κ2) is 5.58. The highest BCUT2D eigenvalue weighted by atomic mass is 35.5. The summed E-state index contributed by atoms with van der Waals surface area (Å²) >= 11 is 5.73. The van der Waals surface area contributed by atoms with Crippen LogP contribution in [0.25, 0.3) is 0 Å². The first kappa shape index (κ1) is 14.5. The lowest BCUT2D eigenvalue weighted by atomic mass is 10.2. The van der Waals surface area contributed by atoms with E-state index in [1.165, 1.54) is 18.2 Å². The average molecular weight is 306 g/mol. The van der Waals surface area contributed by atoms with Crippen LogP contribution in [-0.2, 0) is 6.61 Å². The molecule has 0 radical (unpaired) electrons. The third-order valence-corrected chi connectivity index (χ3v) is 2.78. The molecule has 2 rings (SSSR count). The van der Waals surface area contributed by atoms with Gasteiger partial charge in [-0.3, -0.25) is 0 Å². The molecule has 0 spiro atoms. The fourth-order valence-electron chi connectivity index (χ4n) is 1.53. The molecule has 0 saturated carbocycles. The number of benzene rings is 2. The van der Waals surface area contributed by atoms with Gasteiger partial charge >= 0.3 is 0 Å². The molecule has 0 aliphatic heterocycles. The highest BCUT2D eigenvalue weighted by molar-refractivity contribution is 6.30. The molecule has 2 aromatic carbocycles. The van der Waals surface area contributed by atoms with Gasteiger partial charge in [0.1, 0.15) is 6.61 Å². The summed E-state index contributed by atoms with van der Waals surface area (Å²) in [6.45, 7) is -0.386. The lowest BCUT2D eigenvalue weighted by molar-refractivity contribution is 0.262. The van der Waals surface area contributed by atoms with E-state index in [-0.39, 0.29) is 18.4 Å². The molecular weight excluding hydrogens is 298 g/mol. The zero-order valence-electron chi connectivity index (χ0n) is 9.89. The topological polar surface area (TPSA) is 35.2 Å². The number of ether oxygens (including phenoxy) is 1. The summed E-state index contributed by atoms with van der Waals surface area (Å²) in [4.78, 5) is 0. The fourth-order valence-corrected chi connectivity index (χ4v) is 1.72. The normalized spacial score (nSPS) is 10.7. The Bertz CT molecular complexity index is 637. The summed E-state index contributed by atoms with van der Waals surface area (Å²) in [5.41, 5.74) is 6.22. The maximum atomic E-state index is 13.4. The van der Waals surface area contributed by atoms with Crippen LogP contribution < -0.4 is 10.5 Å². The molecule has 0 amide bonds. The molecule has 0 aliphatic carbocycles. The summed E-state index contributed by atoms with van der Waals surface area (Å²) < 4.78 is 57.5. The largest absolute Gasteiger partial charge is 0.483 e. The van der Waals surface area contributed by atoms with E-state index in [0.29, 0.717) is 10.6 Å². The predicted octanol–water partition coefficient (Wildman–Crippen LogP) is 4.06. The van der Waals surface area contributed by atoms with Crippen LogP contribution in [0.15, 0.2) is 24.3 Å². The number of hydrogen-bond donors (Lipinski definition) is 1. The standard InChI is InChI=1S/C13H8ClF4NO/c14-7-1-2-10(19)6(3-7)5-20-13-11(17)8(15)4-9(16)12(13)18/h1-4H,5,19H2. The van der Waals surface area contributed by atoms with Gasteiger partial charge in [0.05, 0.1) is 0 Å². The van der Waals surface area contributed by atoms with Crippen LogP contribution in [0.3, 0.4) is 0 Å². The predicted molar refractivity (Wildman–Crippen MR) is 66.5 cm³/mol. The molecule has 0 unspecified atom stereocenters. The second-order valence-corrected chi connectivity index (χ2v) is 4.37. The van der Waals surface area contributed by atoms with E-state index >= 15 is 0 Å². The molecule has 2 nitrogen and oxygen atoms in total. The Labute approximate surface area is 116 Å². The summed E-state index contributed by atoms with van der Waals surface area (Å²) in [7, 11) is 0.